The Balaban J connectivity index is 1.70. The van der Waals surface area contributed by atoms with Crippen LogP contribution in [0.25, 0.3) is 10.9 Å². The van der Waals surface area contributed by atoms with Crippen LogP contribution in [0.2, 0.25) is 0 Å². The fraction of sp³-hybridized carbons (Fsp3) is 0.421. The minimum absolute atomic E-state index is 0.179. The molecule has 1 saturated heterocycles. The summed E-state index contributed by atoms with van der Waals surface area (Å²) in [5, 5.41) is 23.0. The number of aromatic nitrogens is 4. The molecule has 7 heteroatoms. The van der Waals surface area contributed by atoms with Gasteiger partial charge in [-0.05, 0) is 18.9 Å². The summed E-state index contributed by atoms with van der Waals surface area (Å²) in [6, 6.07) is 10.00. The van der Waals surface area contributed by atoms with E-state index in [4.69, 9.17) is 4.52 Å². The third-order valence-electron chi connectivity index (χ3n) is 4.80. The molecule has 2 aromatic heterocycles. The van der Waals surface area contributed by atoms with Gasteiger partial charge < -0.3 is 9.42 Å². The first-order valence-corrected chi connectivity index (χ1v) is 8.91. The second kappa shape index (κ2) is 6.71. The van der Waals surface area contributed by atoms with Crippen molar-refractivity contribution in [1.82, 2.24) is 20.3 Å². The zero-order valence-corrected chi connectivity index (χ0v) is 14.9. The largest absolute Gasteiger partial charge is 0.368 e. The predicted molar refractivity (Wildman–Crippen MR) is 96.8 cm³/mol. The molecule has 0 unspecified atom stereocenters. The quantitative estimate of drug-likeness (QED) is 0.716. The number of fused-ring (bicyclic) bond motifs is 1. The summed E-state index contributed by atoms with van der Waals surface area (Å²) in [7, 11) is 0. The van der Waals surface area contributed by atoms with Gasteiger partial charge in [-0.25, -0.2) is 0 Å². The van der Waals surface area contributed by atoms with E-state index in [2.05, 4.69) is 31.3 Å². The molecular formula is C19H20N6O. The maximum Gasteiger partial charge on any atom is 0.229 e. The minimum Gasteiger partial charge on any atom is -0.368 e. The fourth-order valence-corrected chi connectivity index (χ4v) is 3.47. The highest BCUT2D eigenvalue weighted by molar-refractivity contribution is 5.93. The molecule has 0 aliphatic carbocycles. The van der Waals surface area contributed by atoms with Crippen molar-refractivity contribution in [3.63, 3.8) is 0 Å². The molecular weight excluding hydrogens is 328 g/mol. The van der Waals surface area contributed by atoms with Crippen LogP contribution in [0.1, 0.15) is 55.9 Å². The van der Waals surface area contributed by atoms with Gasteiger partial charge in [-0.15, -0.1) is 10.2 Å². The SMILES string of the molecule is CC(C)c1nc([C@H]2CCCN(c3c(C#N)nnc4ccccc34)C2)no1. The lowest BCUT2D eigenvalue weighted by Crippen LogP contribution is -2.35. The summed E-state index contributed by atoms with van der Waals surface area (Å²) in [5.74, 6) is 1.82. The summed E-state index contributed by atoms with van der Waals surface area (Å²) >= 11 is 0. The van der Waals surface area contributed by atoms with Gasteiger partial charge >= 0.3 is 0 Å². The summed E-state index contributed by atoms with van der Waals surface area (Å²) in [6.45, 7) is 5.69. The van der Waals surface area contributed by atoms with Crippen LogP contribution in [0.15, 0.2) is 28.8 Å². The highest BCUT2D eigenvalue weighted by Gasteiger charge is 2.28. The van der Waals surface area contributed by atoms with Gasteiger partial charge in [0.15, 0.2) is 11.5 Å². The van der Waals surface area contributed by atoms with Crippen molar-refractivity contribution in [3.8, 4) is 6.07 Å². The van der Waals surface area contributed by atoms with Crippen molar-refractivity contribution >= 4 is 16.6 Å². The minimum atomic E-state index is 0.179. The Labute approximate surface area is 151 Å². The number of rotatable bonds is 3. The maximum atomic E-state index is 9.54. The monoisotopic (exact) mass is 348 g/mol. The zero-order valence-electron chi connectivity index (χ0n) is 14.9. The fourth-order valence-electron chi connectivity index (χ4n) is 3.47. The molecule has 0 spiro atoms. The van der Waals surface area contributed by atoms with Crippen molar-refractivity contribution in [1.29, 1.82) is 5.26 Å². The molecule has 1 aliphatic heterocycles. The van der Waals surface area contributed by atoms with E-state index in [1.165, 1.54) is 0 Å². The van der Waals surface area contributed by atoms with Crippen molar-refractivity contribution in [2.45, 2.75) is 38.5 Å². The number of hydrogen-bond acceptors (Lipinski definition) is 7. The highest BCUT2D eigenvalue weighted by Crippen LogP contribution is 2.34. The van der Waals surface area contributed by atoms with Gasteiger partial charge in [0.2, 0.25) is 5.89 Å². The van der Waals surface area contributed by atoms with Crippen LogP contribution in [-0.4, -0.2) is 33.4 Å². The average molecular weight is 348 g/mol. The van der Waals surface area contributed by atoms with E-state index in [1.807, 2.05) is 38.1 Å². The summed E-state index contributed by atoms with van der Waals surface area (Å²) in [6.07, 6.45) is 2.00. The van der Waals surface area contributed by atoms with Crippen molar-refractivity contribution < 1.29 is 4.52 Å². The topological polar surface area (TPSA) is 91.7 Å². The second-order valence-electron chi connectivity index (χ2n) is 6.96. The van der Waals surface area contributed by atoms with E-state index < -0.39 is 0 Å². The van der Waals surface area contributed by atoms with Crippen LogP contribution >= 0.6 is 0 Å². The average Bonchev–Trinajstić information content (AvgIpc) is 3.18. The van der Waals surface area contributed by atoms with Crippen LogP contribution in [0.4, 0.5) is 5.69 Å². The van der Waals surface area contributed by atoms with Crippen LogP contribution in [-0.2, 0) is 0 Å². The smallest absolute Gasteiger partial charge is 0.229 e. The molecule has 0 amide bonds. The second-order valence-corrected chi connectivity index (χ2v) is 6.96. The summed E-state index contributed by atoms with van der Waals surface area (Å²) in [4.78, 5) is 6.79. The Bertz CT molecular complexity index is 974. The molecule has 1 aliphatic rings. The van der Waals surface area contributed by atoms with Gasteiger partial charge in [-0.2, -0.15) is 10.2 Å². The molecule has 0 bridgehead atoms. The van der Waals surface area contributed by atoms with Gasteiger partial charge in [0.1, 0.15) is 6.07 Å². The third kappa shape index (κ3) is 2.88. The molecule has 4 rings (SSSR count). The van der Waals surface area contributed by atoms with E-state index >= 15 is 0 Å². The molecule has 3 aromatic rings. The Morgan fingerprint density at radius 1 is 1.27 bits per heavy atom. The van der Waals surface area contributed by atoms with Crippen molar-refractivity contribution in [2.75, 3.05) is 18.0 Å². The maximum absolute atomic E-state index is 9.54. The summed E-state index contributed by atoms with van der Waals surface area (Å²) in [5.41, 5.74) is 2.01. The van der Waals surface area contributed by atoms with Gasteiger partial charge in [-0.1, -0.05) is 37.2 Å². The molecule has 1 aromatic carbocycles. The molecule has 26 heavy (non-hydrogen) atoms. The first-order valence-electron chi connectivity index (χ1n) is 8.91. The first kappa shape index (κ1) is 16.5. The lowest BCUT2D eigenvalue weighted by molar-refractivity contribution is 0.354. The van der Waals surface area contributed by atoms with Gasteiger partial charge in [-0.3, -0.25) is 0 Å². The number of nitriles is 1. The van der Waals surface area contributed by atoms with E-state index in [0.717, 1.165) is 48.3 Å². The van der Waals surface area contributed by atoms with Crippen molar-refractivity contribution in [2.24, 2.45) is 0 Å². The predicted octanol–water partition coefficient (Wildman–Crippen LogP) is 3.39. The molecule has 1 fully saturated rings. The van der Waals surface area contributed by atoms with E-state index in [9.17, 15) is 5.26 Å². The highest BCUT2D eigenvalue weighted by atomic mass is 16.5. The normalized spacial score (nSPS) is 17.6. The zero-order chi connectivity index (χ0) is 18.1. The molecule has 1 atom stereocenters. The lowest BCUT2D eigenvalue weighted by atomic mass is 9.96. The Morgan fingerprint density at radius 2 is 2.12 bits per heavy atom. The Hall–Kier alpha value is -3.01. The number of anilines is 1. The van der Waals surface area contributed by atoms with E-state index in [0.29, 0.717) is 11.6 Å². The van der Waals surface area contributed by atoms with Gasteiger partial charge in [0, 0.05) is 30.3 Å². The van der Waals surface area contributed by atoms with Crippen LogP contribution in [0, 0.1) is 11.3 Å². The molecule has 132 valence electrons. The van der Waals surface area contributed by atoms with Crippen LogP contribution in [0.5, 0.6) is 0 Å². The molecule has 0 saturated carbocycles. The summed E-state index contributed by atoms with van der Waals surface area (Å²) < 4.78 is 5.38. The first-order chi connectivity index (χ1) is 12.7. The number of piperidine rings is 1. The third-order valence-corrected chi connectivity index (χ3v) is 4.80. The molecule has 0 N–H and O–H groups in total. The lowest BCUT2D eigenvalue weighted by Gasteiger charge is -2.33. The molecule has 3 heterocycles. The molecule has 7 nitrogen and oxygen atoms in total. The number of hydrogen-bond donors (Lipinski definition) is 0. The van der Waals surface area contributed by atoms with Crippen molar-refractivity contribution in [3.05, 3.63) is 41.7 Å². The van der Waals surface area contributed by atoms with Crippen LogP contribution in [0.3, 0.4) is 0 Å². The van der Waals surface area contributed by atoms with E-state index in [1.54, 1.807) is 0 Å². The van der Waals surface area contributed by atoms with Crippen LogP contribution < -0.4 is 4.90 Å². The van der Waals surface area contributed by atoms with Gasteiger partial charge in [0.05, 0.1) is 11.2 Å². The number of benzene rings is 1. The number of nitrogens with zero attached hydrogens (tertiary/aromatic N) is 6. The van der Waals surface area contributed by atoms with Gasteiger partial charge in [0.25, 0.3) is 0 Å². The standard InChI is InChI=1S/C19H20N6O/c1-12(2)19-21-18(24-26-19)13-6-5-9-25(11-13)17-14-7-3-4-8-15(14)22-23-16(17)10-20/h3-4,7-8,12-13H,5-6,9,11H2,1-2H3/t13-/m0/s1. The Kier molecular flexibility index (Phi) is 4.25. The Morgan fingerprint density at radius 3 is 2.88 bits per heavy atom. The molecule has 0 radical (unpaired) electrons. The van der Waals surface area contributed by atoms with E-state index in [-0.39, 0.29) is 11.8 Å².